The Morgan fingerprint density at radius 1 is 1.59 bits per heavy atom. The van der Waals surface area contributed by atoms with Gasteiger partial charge in [0.1, 0.15) is 0 Å². The van der Waals surface area contributed by atoms with Crippen molar-refractivity contribution in [2.75, 3.05) is 26.8 Å². The average molecular weight is 241 g/mol. The molecule has 1 rings (SSSR count). The van der Waals surface area contributed by atoms with Crippen LogP contribution in [0.25, 0.3) is 0 Å². The molecule has 1 heterocycles. The quantitative estimate of drug-likeness (QED) is 0.553. The average Bonchev–Trinajstić information content (AvgIpc) is 2.35. The van der Waals surface area contributed by atoms with E-state index in [0.29, 0.717) is 11.6 Å². The summed E-state index contributed by atoms with van der Waals surface area (Å²) in [6.07, 6.45) is 3.27. The van der Waals surface area contributed by atoms with E-state index in [1.165, 1.54) is 7.11 Å². The van der Waals surface area contributed by atoms with Crippen LogP contribution in [0.2, 0.25) is 0 Å². The molecule has 1 aliphatic rings. The van der Waals surface area contributed by atoms with Crippen LogP contribution in [-0.2, 0) is 14.3 Å². The van der Waals surface area contributed by atoms with Gasteiger partial charge >= 0.3 is 5.97 Å². The number of morpholine rings is 1. The first-order chi connectivity index (χ1) is 8.08. The minimum Gasteiger partial charge on any atom is -0.466 e. The molecular weight excluding hydrogens is 218 g/mol. The molecule has 98 valence electrons. The van der Waals surface area contributed by atoms with E-state index in [0.717, 1.165) is 26.1 Å². The number of nitrogens with zero attached hydrogens (tertiary/aromatic N) is 1. The summed E-state index contributed by atoms with van der Waals surface area (Å²) in [5, 5.41) is 0. The van der Waals surface area contributed by atoms with Crippen molar-refractivity contribution in [3.8, 4) is 0 Å². The molecule has 0 bridgehead atoms. The number of carbonyl (C=O) groups excluding carboxylic acids is 1. The van der Waals surface area contributed by atoms with Crippen molar-refractivity contribution in [3.05, 3.63) is 11.6 Å². The third-order valence-electron chi connectivity index (χ3n) is 3.19. The van der Waals surface area contributed by atoms with E-state index in [9.17, 15) is 4.79 Å². The third-order valence-corrected chi connectivity index (χ3v) is 3.19. The molecule has 2 atom stereocenters. The maximum absolute atomic E-state index is 11.3. The van der Waals surface area contributed by atoms with E-state index in [1.807, 2.05) is 6.08 Å². The Bertz CT molecular complexity index is 288. The zero-order valence-electron chi connectivity index (χ0n) is 11.2. The fourth-order valence-corrected chi connectivity index (χ4v) is 2.01. The molecule has 0 radical (unpaired) electrons. The maximum atomic E-state index is 11.3. The molecule has 1 fully saturated rings. The van der Waals surface area contributed by atoms with Gasteiger partial charge < -0.3 is 9.47 Å². The van der Waals surface area contributed by atoms with Gasteiger partial charge in [-0.2, -0.15) is 0 Å². The highest BCUT2D eigenvalue weighted by Gasteiger charge is 2.24. The van der Waals surface area contributed by atoms with Crippen LogP contribution in [0.4, 0.5) is 0 Å². The van der Waals surface area contributed by atoms with Crippen molar-refractivity contribution in [1.29, 1.82) is 0 Å². The first-order valence-electron chi connectivity index (χ1n) is 6.19. The first kappa shape index (κ1) is 14.2. The van der Waals surface area contributed by atoms with Gasteiger partial charge in [0.2, 0.25) is 0 Å². The van der Waals surface area contributed by atoms with Crippen molar-refractivity contribution in [2.24, 2.45) is 0 Å². The van der Waals surface area contributed by atoms with Crippen molar-refractivity contribution in [1.82, 2.24) is 4.90 Å². The minimum atomic E-state index is -0.251. The summed E-state index contributed by atoms with van der Waals surface area (Å²) in [5.41, 5.74) is 0.668. The Balaban J connectivity index is 2.55. The molecule has 0 spiro atoms. The van der Waals surface area contributed by atoms with E-state index >= 15 is 0 Å². The van der Waals surface area contributed by atoms with Crippen molar-refractivity contribution in [2.45, 2.75) is 39.3 Å². The van der Waals surface area contributed by atoms with Crippen molar-refractivity contribution in [3.63, 3.8) is 0 Å². The zero-order valence-corrected chi connectivity index (χ0v) is 11.2. The Hall–Kier alpha value is -0.870. The number of hydrogen-bond donors (Lipinski definition) is 0. The van der Waals surface area contributed by atoms with Crippen LogP contribution in [0.3, 0.4) is 0 Å². The normalized spacial score (nSPS) is 26.9. The van der Waals surface area contributed by atoms with Crippen LogP contribution < -0.4 is 0 Å². The van der Waals surface area contributed by atoms with E-state index in [4.69, 9.17) is 4.74 Å². The number of rotatable bonds is 4. The molecule has 0 aromatic rings. The van der Waals surface area contributed by atoms with E-state index in [1.54, 1.807) is 6.92 Å². The molecule has 0 saturated carbocycles. The minimum absolute atomic E-state index is 0.251. The zero-order chi connectivity index (χ0) is 12.8. The highest BCUT2D eigenvalue weighted by atomic mass is 16.5. The second kappa shape index (κ2) is 6.77. The lowest BCUT2D eigenvalue weighted by Gasteiger charge is -2.37. The van der Waals surface area contributed by atoms with Gasteiger partial charge in [0.15, 0.2) is 0 Å². The fourth-order valence-electron chi connectivity index (χ4n) is 2.01. The fraction of sp³-hybridized carbons (Fsp3) is 0.769. The molecule has 0 aromatic carbocycles. The molecule has 2 unspecified atom stereocenters. The molecule has 4 nitrogen and oxygen atoms in total. The van der Waals surface area contributed by atoms with Gasteiger partial charge in [0, 0.05) is 24.7 Å². The predicted molar refractivity (Wildman–Crippen MR) is 66.8 cm³/mol. The van der Waals surface area contributed by atoms with E-state index in [-0.39, 0.29) is 12.1 Å². The standard InChI is InChI=1S/C13H23NO3/c1-5-12-9-17-11(3)8-14(12)7-6-10(2)13(15)16-4/h6,11-12H,5,7-9H2,1-4H3. The van der Waals surface area contributed by atoms with Crippen LogP contribution in [0, 0.1) is 0 Å². The summed E-state index contributed by atoms with van der Waals surface area (Å²) in [4.78, 5) is 13.6. The predicted octanol–water partition coefficient (Wildman–Crippen LogP) is 1.60. The largest absolute Gasteiger partial charge is 0.466 e. The molecule has 0 aliphatic carbocycles. The SMILES string of the molecule is CCC1COC(C)CN1CC=C(C)C(=O)OC. The highest BCUT2D eigenvalue weighted by molar-refractivity contribution is 5.87. The second-order valence-corrected chi connectivity index (χ2v) is 4.54. The van der Waals surface area contributed by atoms with Crippen LogP contribution in [0.5, 0.6) is 0 Å². The summed E-state index contributed by atoms with van der Waals surface area (Å²) < 4.78 is 10.3. The Kier molecular flexibility index (Phi) is 5.65. The van der Waals surface area contributed by atoms with Crippen molar-refractivity contribution < 1.29 is 14.3 Å². The number of carbonyl (C=O) groups is 1. The van der Waals surface area contributed by atoms with Crippen LogP contribution in [0.15, 0.2) is 11.6 Å². The lowest BCUT2D eigenvalue weighted by molar-refractivity contribution is -0.136. The number of methoxy groups -OCH3 is 1. The summed E-state index contributed by atoms with van der Waals surface area (Å²) in [7, 11) is 1.41. The molecule has 1 aliphatic heterocycles. The third kappa shape index (κ3) is 4.13. The van der Waals surface area contributed by atoms with Crippen LogP contribution in [-0.4, -0.2) is 49.8 Å². The van der Waals surface area contributed by atoms with Crippen LogP contribution >= 0.6 is 0 Å². The van der Waals surface area contributed by atoms with E-state index in [2.05, 4.69) is 23.5 Å². The van der Waals surface area contributed by atoms with Gasteiger partial charge in [0.25, 0.3) is 0 Å². The number of hydrogen-bond acceptors (Lipinski definition) is 4. The van der Waals surface area contributed by atoms with Crippen LogP contribution in [0.1, 0.15) is 27.2 Å². The Labute approximate surface area is 104 Å². The molecular formula is C13H23NO3. The smallest absolute Gasteiger partial charge is 0.333 e. The summed E-state index contributed by atoms with van der Waals surface area (Å²) in [6, 6.07) is 0.452. The van der Waals surface area contributed by atoms with Gasteiger partial charge in [-0.3, -0.25) is 4.90 Å². The van der Waals surface area contributed by atoms with Gasteiger partial charge in [-0.25, -0.2) is 4.79 Å². The second-order valence-electron chi connectivity index (χ2n) is 4.54. The number of esters is 1. The summed E-state index contributed by atoms with van der Waals surface area (Å²) in [6.45, 7) is 8.51. The molecule has 0 amide bonds. The maximum Gasteiger partial charge on any atom is 0.333 e. The van der Waals surface area contributed by atoms with E-state index < -0.39 is 0 Å². The molecule has 0 aromatic heterocycles. The van der Waals surface area contributed by atoms with Gasteiger partial charge in [-0.1, -0.05) is 13.0 Å². The van der Waals surface area contributed by atoms with Gasteiger partial charge in [0.05, 0.1) is 19.8 Å². The summed E-state index contributed by atoms with van der Waals surface area (Å²) >= 11 is 0. The Morgan fingerprint density at radius 3 is 2.88 bits per heavy atom. The van der Waals surface area contributed by atoms with Crippen molar-refractivity contribution >= 4 is 5.97 Å². The number of ether oxygens (including phenoxy) is 2. The van der Waals surface area contributed by atoms with Gasteiger partial charge in [-0.15, -0.1) is 0 Å². The highest BCUT2D eigenvalue weighted by Crippen LogP contribution is 2.14. The summed E-state index contributed by atoms with van der Waals surface area (Å²) in [5.74, 6) is -0.251. The van der Waals surface area contributed by atoms with Gasteiger partial charge in [-0.05, 0) is 20.3 Å². The Morgan fingerprint density at radius 2 is 2.29 bits per heavy atom. The lowest BCUT2D eigenvalue weighted by Crippen LogP contribution is -2.48. The molecule has 4 heteroatoms. The molecule has 17 heavy (non-hydrogen) atoms. The molecule has 1 saturated heterocycles. The topological polar surface area (TPSA) is 38.8 Å². The first-order valence-corrected chi connectivity index (χ1v) is 6.19. The lowest BCUT2D eigenvalue weighted by atomic mass is 10.1. The molecule has 0 N–H and O–H groups in total. The monoisotopic (exact) mass is 241 g/mol.